The van der Waals surface area contributed by atoms with E-state index in [0.717, 1.165) is 36.4 Å². The SMILES string of the molecule is CN(c1ccc(NC(=O)c2c(F)cccc2F)cc1)c1cc(C(F)(F)F)ccc1Cl. The zero-order valence-corrected chi connectivity index (χ0v) is 16.2. The van der Waals surface area contributed by atoms with Crippen molar-refractivity contribution >= 4 is 34.6 Å². The van der Waals surface area contributed by atoms with Crippen molar-refractivity contribution in [3.63, 3.8) is 0 Å². The Hall–Kier alpha value is -3.13. The van der Waals surface area contributed by atoms with Crippen molar-refractivity contribution in [2.45, 2.75) is 6.18 Å². The molecule has 0 radical (unpaired) electrons. The molecule has 0 aliphatic heterocycles. The maximum Gasteiger partial charge on any atom is 0.416 e. The van der Waals surface area contributed by atoms with Crippen molar-refractivity contribution in [2.75, 3.05) is 17.3 Å². The second kappa shape index (κ2) is 8.31. The van der Waals surface area contributed by atoms with Gasteiger partial charge in [-0.15, -0.1) is 0 Å². The van der Waals surface area contributed by atoms with Gasteiger partial charge >= 0.3 is 6.18 Å². The number of nitrogens with zero attached hydrogens (tertiary/aromatic N) is 1. The van der Waals surface area contributed by atoms with E-state index in [1.165, 1.54) is 36.2 Å². The summed E-state index contributed by atoms with van der Waals surface area (Å²) in [4.78, 5) is 13.6. The first-order chi connectivity index (χ1) is 14.1. The second-order valence-electron chi connectivity index (χ2n) is 6.32. The van der Waals surface area contributed by atoms with E-state index < -0.39 is 34.8 Å². The second-order valence-corrected chi connectivity index (χ2v) is 6.73. The van der Waals surface area contributed by atoms with Crippen LogP contribution in [0.3, 0.4) is 0 Å². The highest BCUT2D eigenvalue weighted by atomic mass is 35.5. The van der Waals surface area contributed by atoms with Gasteiger partial charge in [-0.1, -0.05) is 17.7 Å². The van der Waals surface area contributed by atoms with Crippen LogP contribution in [0.2, 0.25) is 5.02 Å². The monoisotopic (exact) mass is 440 g/mol. The molecule has 1 amide bonds. The lowest BCUT2D eigenvalue weighted by Crippen LogP contribution is -2.16. The molecule has 0 saturated heterocycles. The maximum absolute atomic E-state index is 13.7. The molecular formula is C21H14ClF5N2O. The molecule has 0 spiro atoms. The van der Waals surface area contributed by atoms with Crippen LogP contribution in [0.1, 0.15) is 15.9 Å². The van der Waals surface area contributed by atoms with Gasteiger partial charge < -0.3 is 10.2 Å². The number of benzene rings is 3. The first-order valence-corrected chi connectivity index (χ1v) is 8.91. The molecule has 0 unspecified atom stereocenters. The zero-order valence-electron chi connectivity index (χ0n) is 15.4. The molecule has 9 heteroatoms. The number of amides is 1. The van der Waals surface area contributed by atoms with Crippen molar-refractivity contribution in [3.8, 4) is 0 Å². The molecule has 3 aromatic carbocycles. The molecular weight excluding hydrogens is 427 g/mol. The smallest absolute Gasteiger partial charge is 0.343 e. The fourth-order valence-electron chi connectivity index (χ4n) is 2.76. The summed E-state index contributed by atoms with van der Waals surface area (Å²) >= 11 is 6.05. The van der Waals surface area contributed by atoms with E-state index in [9.17, 15) is 26.7 Å². The Morgan fingerprint density at radius 3 is 2.13 bits per heavy atom. The first-order valence-electron chi connectivity index (χ1n) is 8.54. The van der Waals surface area contributed by atoms with Crippen LogP contribution in [0.25, 0.3) is 0 Å². The van der Waals surface area contributed by atoms with Gasteiger partial charge in [-0.3, -0.25) is 4.79 Å². The average Bonchev–Trinajstić information content (AvgIpc) is 2.67. The highest BCUT2D eigenvalue weighted by molar-refractivity contribution is 6.33. The van der Waals surface area contributed by atoms with Crippen LogP contribution < -0.4 is 10.2 Å². The molecule has 3 rings (SSSR count). The molecule has 0 atom stereocenters. The molecule has 0 bridgehead atoms. The predicted molar refractivity (Wildman–Crippen MR) is 105 cm³/mol. The number of alkyl halides is 3. The Bertz CT molecular complexity index is 1060. The highest BCUT2D eigenvalue weighted by Gasteiger charge is 2.31. The molecule has 30 heavy (non-hydrogen) atoms. The van der Waals surface area contributed by atoms with E-state index >= 15 is 0 Å². The third-order valence-electron chi connectivity index (χ3n) is 4.34. The number of nitrogens with one attached hydrogen (secondary N) is 1. The van der Waals surface area contributed by atoms with Crippen LogP contribution in [-0.4, -0.2) is 13.0 Å². The maximum atomic E-state index is 13.7. The number of hydrogen-bond acceptors (Lipinski definition) is 2. The van der Waals surface area contributed by atoms with Crippen molar-refractivity contribution in [2.24, 2.45) is 0 Å². The van der Waals surface area contributed by atoms with E-state index in [1.54, 1.807) is 0 Å². The summed E-state index contributed by atoms with van der Waals surface area (Å²) in [5, 5.41) is 2.50. The largest absolute Gasteiger partial charge is 0.416 e. The fraction of sp³-hybridized carbons (Fsp3) is 0.0952. The Morgan fingerprint density at radius 1 is 0.967 bits per heavy atom. The quantitative estimate of drug-likeness (QED) is 0.460. The van der Waals surface area contributed by atoms with Gasteiger partial charge in [0.2, 0.25) is 0 Å². The predicted octanol–water partition coefficient (Wildman–Crippen LogP) is 6.66. The Morgan fingerprint density at radius 2 is 1.57 bits per heavy atom. The number of anilines is 3. The molecule has 0 aromatic heterocycles. The summed E-state index contributed by atoms with van der Waals surface area (Å²) in [5.41, 5.74) is -0.697. The van der Waals surface area contributed by atoms with E-state index in [-0.39, 0.29) is 16.4 Å². The summed E-state index contributed by atoms with van der Waals surface area (Å²) in [7, 11) is 1.53. The van der Waals surface area contributed by atoms with Crippen molar-refractivity contribution in [1.29, 1.82) is 0 Å². The van der Waals surface area contributed by atoms with Gasteiger partial charge in [-0.05, 0) is 54.6 Å². The van der Waals surface area contributed by atoms with E-state index in [1.807, 2.05) is 0 Å². The summed E-state index contributed by atoms with van der Waals surface area (Å²) in [6.07, 6.45) is -4.52. The van der Waals surface area contributed by atoms with Crippen LogP contribution in [0, 0.1) is 11.6 Å². The van der Waals surface area contributed by atoms with Crippen LogP contribution >= 0.6 is 11.6 Å². The standard InChI is InChI=1S/C21H14ClF5N2O/c1-29(18-11-12(21(25,26)27)5-10-15(18)22)14-8-6-13(7-9-14)28-20(30)19-16(23)3-2-4-17(19)24/h2-11H,1H3,(H,28,30). The van der Waals surface area contributed by atoms with Crippen molar-refractivity contribution < 1.29 is 26.7 Å². The Labute approximate surface area is 173 Å². The van der Waals surface area contributed by atoms with Gasteiger partial charge in [0.25, 0.3) is 5.91 Å². The van der Waals surface area contributed by atoms with Crippen LogP contribution in [0.4, 0.5) is 39.0 Å². The number of carbonyl (C=O) groups is 1. The number of hydrogen-bond donors (Lipinski definition) is 1. The van der Waals surface area contributed by atoms with Gasteiger partial charge in [-0.2, -0.15) is 13.2 Å². The highest BCUT2D eigenvalue weighted by Crippen LogP contribution is 2.37. The number of halogens is 6. The summed E-state index contributed by atoms with van der Waals surface area (Å²) in [6.45, 7) is 0. The molecule has 156 valence electrons. The van der Waals surface area contributed by atoms with Crippen LogP contribution in [0.5, 0.6) is 0 Å². The number of carbonyl (C=O) groups excluding carboxylic acids is 1. The molecule has 1 N–H and O–H groups in total. The van der Waals surface area contributed by atoms with Gasteiger partial charge in [0, 0.05) is 18.4 Å². The number of rotatable bonds is 4. The van der Waals surface area contributed by atoms with Crippen molar-refractivity contribution in [1.82, 2.24) is 0 Å². The fourth-order valence-corrected chi connectivity index (χ4v) is 3.01. The van der Waals surface area contributed by atoms with Crippen LogP contribution in [0.15, 0.2) is 60.7 Å². The summed E-state index contributed by atoms with van der Waals surface area (Å²) in [6, 6.07) is 12.0. The molecule has 3 aromatic rings. The topological polar surface area (TPSA) is 32.3 Å². The summed E-state index contributed by atoms with van der Waals surface area (Å²) in [5.74, 6) is -2.96. The van der Waals surface area contributed by atoms with E-state index in [0.29, 0.717) is 5.69 Å². The lowest BCUT2D eigenvalue weighted by Gasteiger charge is -2.22. The Balaban J connectivity index is 1.81. The molecule has 0 aliphatic rings. The molecule has 0 aliphatic carbocycles. The Kier molecular flexibility index (Phi) is 5.98. The minimum Gasteiger partial charge on any atom is -0.343 e. The van der Waals surface area contributed by atoms with Crippen LogP contribution in [-0.2, 0) is 6.18 Å². The molecule has 0 fully saturated rings. The van der Waals surface area contributed by atoms with Gasteiger partial charge in [0.05, 0.1) is 16.3 Å². The van der Waals surface area contributed by atoms with Gasteiger partial charge in [-0.25, -0.2) is 8.78 Å². The van der Waals surface area contributed by atoms with E-state index in [4.69, 9.17) is 11.6 Å². The third kappa shape index (κ3) is 4.54. The zero-order chi connectivity index (χ0) is 22.1. The first kappa shape index (κ1) is 21.6. The molecule has 0 heterocycles. The minimum atomic E-state index is -4.52. The normalized spacial score (nSPS) is 11.3. The third-order valence-corrected chi connectivity index (χ3v) is 4.66. The molecule has 3 nitrogen and oxygen atoms in total. The molecule has 0 saturated carbocycles. The van der Waals surface area contributed by atoms with Gasteiger partial charge in [0.1, 0.15) is 17.2 Å². The van der Waals surface area contributed by atoms with Gasteiger partial charge in [0.15, 0.2) is 0 Å². The van der Waals surface area contributed by atoms with Crippen molar-refractivity contribution in [3.05, 3.63) is 88.4 Å². The lowest BCUT2D eigenvalue weighted by molar-refractivity contribution is -0.137. The summed E-state index contributed by atoms with van der Waals surface area (Å²) < 4.78 is 66.4. The average molecular weight is 441 g/mol. The minimum absolute atomic E-state index is 0.123. The van der Waals surface area contributed by atoms with E-state index in [2.05, 4.69) is 5.32 Å². The lowest BCUT2D eigenvalue weighted by atomic mass is 10.1.